The number of nitrogens with zero attached hydrogens (tertiary/aromatic N) is 2. The maximum Gasteiger partial charge on any atom is 0.255 e. The predicted octanol–water partition coefficient (Wildman–Crippen LogP) is 2.93. The Morgan fingerprint density at radius 3 is 2.59 bits per heavy atom. The van der Waals surface area contributed by atoms with Gasteiger partial charge >= 0.3 is 0 Å². The summed E-state index contributed by atoms with van der Waals surface area (Å²) in [7, 11) is 0. The molecule has 2 amide bonds. The van der Waals surface area contributed by atoms with Crippen molar-refractivity contribution in [2.24, 2.45) is 0 Å². The molecule has 0 saturated carbocycles. The van der Waals surface area contributed by atoms with Gasteiger partial charge < -0.3 is 20.1 Å². The van der Waals surface area contributed by atoms with E-state index >= 15 is 0 Å². The lowest BCUT2D eigenvalue weighted by Gasteiger charge is -2.26. The highest BCUT2D eigenvalue weighted by atomic mass is 16.6. The van der Waals surface area contributed by atoms with Crippen LogP contribution in [0.3, 0.4) is 0 Å². The van der Waals surface area contributed by atoms with E-state index in [0.717, 1.165) is 5.75 Å². The molecular weight excluding hydrogens is 372 g/mol. The van der Waals surface area contributed by atoms with Crippen molar-refractivity contribution in [2.45, 2.75) is 19.6 Å². The van der Waals surface area contributed by atoms with Crippen LogP contribution in [0.25, 0.3) is 0 Å². The molecule has 1 aromatic heterocycles. The van der Waals surface area contributed by atoms with E-state index in [1.807, 2.05) is 24.3 Å². The largest absolute Gasteiger partial charge is 0.486 e. The number of nitrogens with one attached hydrogen (secondary N) is 2. The fourth-order valence-electron chi connectivity index (χ4n) is 3.00. The molecule has 1 atom stereocenters. The number of carbonyl (C=O) groups excluding carboxylic acids is 2. The van der Waals surface area contributed by atoms with Crippen LogP contribution in [0, 0.1) is 0 Å². The molecule has 0 radical (unpaired) electrons. The average molecular weight is 392 g/mol. The first-order valence-electron chi connectivity index (χ1n) is 9.17. The molecule has 0 spiro atoms. The average Bonchev–Trinajstić information content (AvgIpc) is 3.14. The lowest BCUT2D eigenvalue weighted by molar-refractivity contribution is -0.114. The van der Waals surface area contributed by atoms with Crippen LogP contribution in [-0.2, 0) is 11.3 Å². The number of fused-ring (bicyclic) bond motifs is 1. The Morgan fingerprint density at radius 1 is 1.07 bits per heavy atom. The maximum absolute atomic E-state index is 12.4. The summed E-state index contributed by atoms with van der Waals surface area (Å²) in [5.41, 5.74) is 1.70. The van der Waals surface area contributed by atoms with Gasteiger partial charge in [-0.1, -0.05) is 12.1 Å². The third kappa shape index (κ3) is 4.55. The highest BCUT2D eigenvalue weighted by Gasteiger charge is 2.21. The SMILES string of the molecule is CC(=O)Nc1ccc(C(=O)Nc2cnn(CC3COc4ccccc4O3)c2)cc1. The number of amides is 2. The summed E-state index contributed by atoms with van der Waals surface area (Å²) in [5.74, 6) is 1.03. The van der Waals surface area contributed by atoms with Gasteiger partial charge in [-0.05, 0) is 36.4 Å². The second-order valence-corrected chi connectivity index (χ2v) is 6.66. The third-order valence-corrected chi connectivity index (χ3v) is 4.32. The van der Waals surface area contributed by atoms with E-state index in [1.54, 1.807) is 41.3 Å². The summed E-state index contributed by atoms with van der Waals surface area (Å²) in [5, 5.41) is 9.75. The molecule has 8 heteroatoms. The number of para-hydroxylation sites is 2. The summed E-state index contributed by atoms with van der Waals surface area (Å²) >= 11 is 0. The Morgan fingerprint density at radius 2 is 1.83 bits per heavy atom. The van der Waals surface area contributed by atoms with Gasteiger partial charge in [-0.15, -0.1) is 0 Å². The number of ether oxygens (including phenoxy) is 2. The Balaban J connectivity index is 1.34. The van der Waals surface area contributed by atoms with Crippen LogP contribution in [-0.4, -0.2) is 34.3 Å². The Labute approximate surface area is 167 Å². The maximum atomic E-state index is 12.4. The van der Waals surface area contributed by atoms with E-state index < -0.39 is 0 Å². The zero-order valence-electron chi connectivity index (χ0n) is 15.8. The Hall–Kier alpha value is -3.81. The number of carbonyl (C=O) groups is 2. The van der Waals surface area contributed by atoms with Gasteiger partial charge in [0.05, 0.1) is 18.4 Å². The molecule has 1 aliphatic rings. The molecule has 0 saturated heterocycles. The van der Waals surface area contributed by atoms with Crippen molar-refractivity contribution >= 4 is 23.2 Å². The van der Waals surface area contributed by atoms with E-state index in [4.69, 9.17) is 9.47 Å². The van der Waals surface area contributed by atoms with Crippen molar-refractivity contribution < 1.29 is 19.1 Å². The number of hydrogen-bond acceptors (Lipinski definition) is 5. The number of anilines is 2. The fraction of sp³-hybridized carbons (Fsp3) is 0.190. The summed E-state index contributed by atoms with van der Waals surface area (Å²) < 4.78 is 13.3. The molecule has 2 aromatic carbocycles. The van der Waals surface area contributed by atoms with E-state index in [2.05, 4.69) is 15.7 Å². The number of rotatable bonds is 5. The zero-order chi connectivity index (χ0) is 20.2. The second-order valence-electron chi connectivity index (χ2n) is 6.66. The molecule has 4 rings (SSSR count). The van der Waals surface area contributed by atoms with Crippen molar-refractivity contribution in [2.75, 3.05) is 17.2 Å². The highest BCUT2D eigenvalue weighted by molar-refractivity contribution is 6.04. The molecule has 0 fully saturated rings. The molecule has 1 unspecified atom stereocenters. The molecule has 3 aromatic rings. The van der Waals surface area contributed by atoms with Gasteiger partial charge in [-0.3, -0.25) is 14.3 Å². The first kappa shape index (κ1) is 18.5. The van der Waals surface area contributed by atoms with E-state index in [0.29, 0.717) is 35.8 Å². The first-order valence-corrected chi connectivity index (χ1v) is 9.17. The minimum absolute atomic E-state index is 0.162. The summed E-state index contributed by atoms with van der Waals surface area (Å²) in [6, 6.07) is 14.2. The van der Waals surface area contributed by atoms with Crippen LogP contribution in [0.5, 0.6) is 11.5 Å². The summed E-state index contributed by atoms with van der Waals surface area (Å²) in [6.45, 7) is 2.36. The fourth-order valence-corrected chi connectivity index (χ4v) is 3.00. The number of hydrogen-bond donors (Lipinski definition) is 2. The molecular formula is C21H20N4O4. The topological polar surface area (TPSA) is 94.5 Å². The quantitative estimate of drug-likeness (QED) is 0.696. The molecule has 29 heavy (non-hydrogen) atoms. The monoisotopic (exact) mass is 392 g/mol. The first-order chi connectivity index (χ1) is 14.1. The van der Waals surface area contributed by atoms with Gasteiger partial charge in [0.25, 0.3) is 5.91 Å². The summed E-state index contributed by atoms with van der Waals surface area (Å²) in [4.78, 5) is 23.5. The van der Waals surface area contributed by atoms with Crippen LogP contribution < -0.4 is 20.1 Å². The third-order valence-electron chi connectivity index (χ3n) is 4.32. The van der Waals surface area contributed by atoms with Crippen molar-refractivity contribution in [3.05, 3.63) is 66.5 Å². The van der Waals surface area contributed by atoms with Crippen molar-refractivity contribution in [1.29, 1.82) is 0 Å². The molecule has 8 nitrogen and oxygen atoms in total. The molecule has 2 heterocycles. The van der Waals surface area contributed by atoms with Gasteiger partial charge in [0.1, 0.15) is 6.61 Å². The van der Waals surface area contributed by atoms with Crippen LogP contribution in [0.15, 0.2) is 60.9 Å². The molecule has 2 N–H and O–H groups in total. The van der Waals surface area contributed by atoms with Gasteiger partial charge in [-0.25, -0.2) is 0 Å². The van der Waals surface area contributed by atoms with E-state index in [1.165, 1.54) is 6.92 Å². The van der Waals surface area contributed by atoms with Crippen LogP contribution >= 0.6 is 0 Å². The smallest absolute Gasteiger partial charge is 0.255 e. The molecule has 148 valence electrons. The minimum Gasteiger partial charge on any atom is -0.486 e. The van der Waals surface area contributed by atoms with E-state index in [-0.39, 0.29) is 17.9 Å². The highest BCUT2D eigenvalue weighted by Crippen LogP contribution is 2.31. The van der Waals surface area contributed by atoms with Crippen LogP contribution in [0.2, 0.25) is 0 Å². The Kier molecular flexibility index (Phi) is 5.15. The number of benzene rings is 2. The standard InChI is InChI=1S/C21H20N4O4/c1-14(26)23-16-8-6-15(7-9-16)21(27)24-17-10-22-25(11-17)12-18-13-28-19-4-2-3-5-20(19)29-18/h2-11,18H,12-13H2,1H3,(H,23,26)(H,24,27). The molecule has 0 bridgehead atoms. The number of aromatic nitrogens is 2. The van der Waals surface area contributed by atoms with Gasteiger partial charge in [-0.2, -0.15) is 5.10 Å². The lowest BCUT2D eigenvalue weighted by Crippen LogP contribution is -2.33. The van der Waals surface area contributed by atoms with E-state index in [9.17, 15) is 9.59 Å². The van der Waals surface area contributed by atoms with Crippen molar-refractivity contribution in [3.8, 4) is 11.5 Å². The van der Waals surface area contributed by atoms with Crippen LogP contribution in [0.1, 0.15) is 17.3 Å². The Bertz CT molecular complexity index is 1030. The van der Waals surface area contributed by atoms with Gasteiger partial charge in [0.15, 0.2) is 17.6 Å². The molecule has 0 aliphatic carbocycles. The van der Waals surface area contributed by atoms with Gasteiger partial charge in [0.2, 0.25) is 5.91 Å². The second kappa shape index (κ2) is 8.05. The summed E-state index contributed by atoms with van der Waals surface area (Å²) in [6.07, 6.45) is 3.16. The lowest BCUT2D eigenvalue weighted by atomic mass is 10.2. The zero-order valence-corrected chi connectivity index (χ0v) is 15.8. The normalized spacial score (nSPS) is 14.9. The predicted molar refractivity (Wildman–Crippen MR) is 107 cm³/mol. The minimum atomic E-state index is -0.259. The molecule has 1 aliphatic heterocycles. The van der Waals surface area contributed by atoms with Crippen molar-refractivity contribution in [1.82, 2.24) is 9.78 Å². The van der Waals surface area contributed by atoms with Crippen molar-refractivity contribution in [3.63, 3.8) is 0 Å². The van der Waals surface area contributed by atoms with Crippen LogP contribution in [0.4, 0.5) is 11.4 Å². The van der Waals surface area contributed by atoms with Gasteiger partial charge in [0, 0.05) is 24.4 Å².